The second-order valence-electron chi connectivity index (χ2n) is 8.26. The fourth-order valence-electron chi connectivity index (χ4n) is 3.31. The van der Waals surface area contributed by atoms with Crippen molar-refractivity contribution in [3.63, 3.8) is 0 Å². The summed E-state index contributed by atoms with van der Waals surface area (Å²) < 4.78 is 14.5. The van der Waals surface area contributed by atoms with E-state index in [1.807, 2.05) is 6.07 Å². The van der Waals surface area contributed by atoms with Gasteiger partial charge in [-0.3, -0.25) is 0 Å². The van der Waals surface area contributed by atoms with Crippen LogP contribution in [0.15, 0.2) is 24.3 Å². The molecule has 0 unspecified atom stereocenters. The molecular formula is C18H27BN2O2. The number of para-hydroxylation sites is 2. The molecule has 1 aromatic carbocycles. The van der Waals surface area contributed by atoms with Gasteiger partial charge in [-0.05, 0) is 46.1 Å². The summed E-state index contributed by atoms with van der Waals surface area (Å²) in [6.07, 6.45) is 0.775. The molecule has 0 saturated carbocycles. The topological polar surface area (TPSA) is 36.3 Å². The van der Waals surface area contributed by atoms with Crippen LogP contribution in [0.1, 0.15) is 47.4 Å². The molecule has 1 aliphatic rings. The summed E-state index contributed by atoms with van der Waals surface area (Å²) in [7, 11) is 1.87. The Hall–Kier alpha value is -1.33. The molecule has 2 aromatic rings. The fourth-order valence-corrected chi connectivity index (χ4v) is 3.31. The highest BCUT2D eigenvalue weighted by Crippen LogP contribution is 2.41. The summed E-state index contributed by atoms with van der Waals surface area (Å²) in [6, 6.07) is 8.25. The van der Waals surface area contributed by atoms with E-state index in [0.717, 1.165) is 23.2 Å². The second kappa shape index (κ2) is 5.08. The molecule has 0 aliphatic carbocycles. The molecule has 0 N–H and O–H groups in total. The van der Waals surface area contributed by atoms with E-state index in [1.165, 1.54) is 0 Å². The predicted molar refractivity (Wildman–Crippen MR) is 94.6 cm³/mol. The number of aryl methyl sites for hydroxylation is 1. The molecule has 5 heteroatoms. The van der Waals surface area contributed by atoms with Gasteiger partial charge < -0.3 is 13.9 Å². The zero-order valence-electron chi connectivity index (χ0n) is 15.3. The Morgan fingerprint density at radius 3 is 2.22 bits per heavy atom. The second-order valence-corrected chi connectivity index (χ2v) is 8.26. The van der Waals surface area contributed by atoms with Gasteiger partial charge >= 0.3 is 7.12 Å². The van der Waals surface area contributed by atoms with Crippen LogP contribution in [0.3, 0.4) is 0 Å². The van der Waals surface area contributed by atoms with Crippen LogP contribution < -0.4 is 0 Å². The number of rotatable bonds is 3. The van der Waals surface area contributed by atoms with Gasteiger partial charge in [-0.1, -0.05) is 26.0 Å². The van der Waals surface area contributed by atoms with Gasteiger partial charge in [0.25, 0.3) is 0 Å². The SMILES string of the molecule is Cn1c(C(C)(C)CB2OC(C)(C)C(C)(C)O2)nc2ccccc21. The highest BCUT2D eigenvalue weighted by atomic mass is 16.7. The van der Waals surface area contributed by atoms with Crippen molar-refractivity contribution in [1.82, 2.24) is 9.55 Å². The highest BCUT2D eigenvalue weighted by molar-refractivity contribution is 6.45. The molecule has 23 heavy (non-hydrogen) atoms. The molecule has 1 fully saturated rings. The van der Waals surface area contributed by atoms with E-state index >= 15 is 0 Å². The van der Waals surface area contributed by atoms with Crippen LogP contribution in [-0.4, -0.2) is 27.9 Å². The molecule has 0 atom stereocenters. The predicted octanol–water partition coefficient (Wildman–Crippen LogP) is 3.94. The van der Waals surface area contributed by atoms with E-state index in [9.17, 15) is 0 Å². The summed E-state index contributed by atoms with van der Waals surface area (Å²) in [5.41, 5.74) is 1.46. The first-order chi connectivity index (χ1) is 10.5. The van der Waals surface area contributed by atoms with E-state index < -0.39 is 0 Å². The maximum Gasteiger partial charge on any atom is 0.458 e. The number of imidazole rings is 1. The summed E-state index contributed by atoms with van der Waals surface area (Å²) in [5.74, 6) is 1.06. The molecule has 124 valence electrons. The van der Waals surface area contributed by atoms with Crippen molar-refractivity contribution in [2.24, 2.45) is 7.05 Å². The van der Waals surface area contributed by atoms with Crippen molar-refractivity contribution < 1.29 is 9.31 Å². The molecule has 0 bridgehead atoms. The number of nitrogens with zero attached hydrogens (tertiary/aromatic N) is 2. The van der Waals surface area contributed by atoms with Crippen LogP contribution in [0.4, 0.5) is 0 Å². The number of aromatic nitrogens is 2. The Kier molecular flexibility index (Phi) is 3.65. The number of benzene rings is 1. The first-order valence-electron chi connectivity index (χ1n) is 8.31. The highest BCUT2D eigenvalue weighted by Gasteiger charge is 2.52. The molecule has 1 aliphatic heterocycles. The maximum atomic E-state index is 6.18. The zero-order chi connectivity index (χ0) is 17.0. The summed E-state index contributed by atoms with van der Waals surface area (Å²) in [4.78, 5) is 4.85. The monoisotopic (exact) mass is 314 g/mol. The summed E-state index contributed by atoms with van der Waals surface area (Å²) in [5, 5.41) is 0. The van der Waals surface area contributed by atoms with Crippen molar-refractivity contribution >= 4 is 18.2 Å². The van der Waals surface area contributed by atoms with Crippen LogP contribution in [0.25, 0.3) is 11.0 Å². The molecule has 4 nitrogen and oxygen atoms in total. The quantitative estimate of drug-likeness (QED) is 0.805. The smallest absolute Gasteiger partial charge is 0.403 e. The average Bonchev–Trinajstić information content (AvgIpc) is 2.84. The normalized spacial score (nSPS) is 20.4. The zero-order valence-corrected chi connectivity index (χ0v) is 15.3. The molecule has 1 saturated heterocycles. The van der Waals surface area contributed by atoms with Gasteiger partial charge in [0, 0.05) is 12.5 Å². The third kappa shape index (κ3) is 2.70. The van der Waals surface area contributed by atoms with Crippen molar-refractivity contribution in [3.05, 3.63) is 30.1 Å². The third-order valence-electron chi connectivity index (χ3n) is 5.37. The number of fused-ring (bicyclic) bond motifs is 1. The molecular weight excluding hydrogens is 287 g/mol. The van der Waals surface area contributed by atoms with Crippen LogP contribution >= 0.6 is 0 Å². The van der Waals surface area contributed by atoms with Gasteiger partial charge in [-0.2, -0.15) is 0 Å². The molecule has 1 aromatic heterocycles. The van der Waals surface area contributed by atoms with Crippen molar-refractivity contribution in [2.45, 2.75) is 64.5 Å². The Balaban J connectivity index is 1.88. The van der Waals surface area contributed by atoms with Crippen LogP contribution in [0.2, 0.25) is 6.32 Å². The first kappa shape index (κ1) is 16.5. The Labute approximate surface area is 139 Å². The van der Waals surface area contributed by atoms with Gasteiger partial charge in [-0.25, -0.2) is 4.98 Å². The lowest BCUT2D eigenvalue weighted by Crippen LogP contribution is -2.41. The van der Waals surface area contributed by atoms with Crippen LogP contribution in [0.5, 0.6) is 0 Å². The lowest BCUT2D eigenvalue weighted by Gasteiger charge is -2.32. The van der Waals surface area contributed by atoms with Gasteiger partial charge in [0.15, 0.2) is 0 Å². The van der Waals surface area contributed by atoms with E-state index in [1.54, 1.807) is 0 Å². The number of hydrogen-bond donors (Lipinski definition) is 0. The summed E-state index contributed by atoms with van der Waals surface area (Å²) in [6.45, 7) is 12.8. The van der Waals surface area contributed by atoms with Crippen LogP contribution in [-0.2, 0) is 21.8 Å². The van der Waals surface area contributed by atoms with E-state index in [2.05, 4.69) is 71.4 Å². The largest absolute Gasteiger partial charge is 0.458 e. The molecule has 2 heterocycles. The molecule has 0 spiro atoms. The van der Waals surface area contributed by atoms with Crippen molar-refractivity contribution in [2.75, 3.05) is 0 Å². The Bertz CT molecular complexity index is 718. The molecule has 0 radical (unpaired) electrons. The van der Waals surface area contributed by atoms with Gasteiger partial charge in [0.1, 0.15) is 5.82 Å². The lowest BCUT2D eigenvalue weighted by atomic mass is 9.69. The standard InChI is InChI=1S/C18H27BN2O2/c1-16(2,12-19-22-17(3,4)18(5,6)23-19)15-20-13-10-8-9-11-14(13)21(15)7/h8-11H,12H2,1-7H3. The first-order valence-corrected chi connectivity index (χ1v) is 8.31. The lowest BCUT2D eigenvalue weighted by molar-refractivity contribution is 0.00578. The Morgan fingerprint density at radius 1 is 1.09 bits per heavy atom. The average molecular weight is 314 g/mol. The van der Waals surface area contributed by atoms with Gasteiger partial charge in [-0.15, -0.1) is 0 Å². The minimum Gasteiger partial charge on any atom is -0.403 e. The van der Waals surface area contributed by atoms with E-state index in [4.69, 9.17) is 14.3 Å². The van der Waals surface area contributed by atoms with E-state index in [-0.39, 0.29) is 23.7 Å². The summed E-state index contributed by atoms with van der Waals surface area (Å²) >= 11 is 0. The van der Waals surface area contributed by atoms with Gasteiger partial charge in [0.05, 0.1) is 22.2 Å². The number of hydrogen-bond acceptors (Lipinski definition) is 3. The maximum absolute atomic E-state index is 6.18. The van der Waals surface area contributed by atoms with Crippen molar-refractivity contribution in [1.29, 1.82) is 0 Å². The third-order valence-corrected chi connectivity index (χ3v) is 5.37. The minimum absolute atomic E-state index is 0.144. The van der Waals surface area contributed by atoms with Crippen molar-refractivity contribution in [3.8, 4) is 0 Å². The van der Waals surface area contributed by atoms with Gasteiger partial charge in [0.2, 0.25) is 0 Å². The van der Waals surface area contributed by atoms with E-state index in [0.29, 0.717) is 0 Å². The minimum atomic E-state index is -0.292. The fraction of sp³-hybridized carbons (Fsp3) is 0.611. The van der Waals surface area contributed by atoms with Crippen LogP contribution in [0, 0.1) is 0 Å². The molecule has 3 rings (SSSR count). The molecule has 0 amide bonds. The Morgan fingerprint density at radius 2 is 1.65 bits per heavy atom.